The molecule has 0 unspecified atom stereocenters. The summed E-state index contributed by atoms with van der Waals surface area (Å²) in [4.78, 5) is 24.2. The van der Waals surface area contributed by atoms with Crippen LogP contribution in [0.15, 0.2) is 36.7 Å². The Kier molecular flexibility index (Phi) is 7.34. The Morgan fingerprint density at radius 2 is 2.09 bits per heavy atom. The zero-order valence-electron chi connectivity index (χ0n) is 18.6. The average molecular weight is 441 g/mol. The number of nitrogens with one attached hydrogen (secondary N) is 1. The third-order valence-electron chi connectivity index (χ3n) is 6.44. The van der Waals surface area contributed by atoms with Gasteiger partial charge < -0.3 is 19.9 Å². The fourth-order valence-electron chi connectivity index (χ4n) is 4.79. The molecule has 8 nitrogen and oxygen atoms in total. The van der Waals surface area contributed by atoms with Crippen molar-refractivity contribution in [1.82, 2.24) is 20.2 Å². The second kappa shape index (κ2) is 10.4. The molecule has 1 aromatic heterocycles. The van der Waals surface area contributed by atoms with Crippen LogP contribution in [0.3, 0.4) is 0 Å². The predicted octanol–water partition coefficient (Wildman–Crippen LogP) is 1.70. The van der Waals surface area contributed by atoms with Crippen LogP contribution in [0.2, 0.25) is 0 Å². The zero-order valence-corrected chi connectivity index (χ0v) is 18.6. The quantitative estimate of drug-likeness (QED) is 0.645. The summed E-state index contributed by atoms with van der Waals surface area (Å²) in [5.41, 5.74) is 2.07. The second-order valence-electron chi connectivity index (χ2n) is 8.81. The van der Waals surface area contributed by atoms with Gasteiger partial charge in [-0.3, -0.25) is 9.69 Å². The molecule has 2 fully saturated rings. The third-order valence-corrected chi connectivity index (χ3v) is 6.44. The smallest absolute Gasteiger partial charge is 0.225 e. The summed E-state index contributed by atoms with van der Waals surface area (Å²) in [6.45, 7) is 6.29. The molecule has 0 radical (unpaired) electrons. The Balaban J connectivity index is 1.43. The highest BCUT2D eigenvalue weighted by atomic mass is 16.5. The first kappa shape index (κ1) is 22.6. The van der Waals surface area contributed by atoms with E-state index in [1.54, 1.807) is 12.4 Å². The van der Waals surface area contributed by atoms with Gasteiger partial charge in [0.2, 0.25) is 5.91 Å². The van der Waals surface area contributed by atoms with Crippen molar-refractivity contribution in [2.75, 3.05) is 39.5 Å². The van der Waals surface area contributed by atoms with E-state index in [1.807, 2.05) is 25.1 Å². The maximum Gasteiger partial charge on any atom is 0.225 e. The van der Waals surface area contributed by atoms with E-state index in [2.05, 4.69) is 26.3 Å². The molecule has 2 N–H and O–H groups in total. The number of likely N-dealkylation sites (tertiary alicyclic amines) is 1. The normalized spacial score (nSPS) is 20.4. The number of amides is 1. The molecular formula is C24H32N4O4. The fraction of sp³-hybridized carbons (Fsp3) is 0.542. The van der Waals surface area contributed by atoms with Gasteiger partial charge in [-0.15, -0.1) is 0 Å². The van der Waals surface area contributed by atoms with Crippen molar-refractivity contribution in [3.05, 3.63) is 53.6 Å². The summed E-state index contributed by atoms with van der Waals surface area (Å²) in [6.07, 6.45) is 5.32. The fourth-order valence-corrected chi connectivity index (χ4v) is 4.79. The number of carbonyl (C=O) groups is 1. The molecule has 1 amide bonds. The summed E-state index contributed by atoms with van der Waals surface area (Å²) in [5, 5.41) is 12.1. The molecule has 32 heavy (non-hydrogen) atoms. The van der Waals surface area contributed by atoms with Crippen LogP contribution >= 0.6 is 0 Å². The van der Waals surface area contributed by atoms with E-state index in [9.17, 15) is 4.79 Å². The van der Waals surface area contributed by atoms with Gasteiger partial charge in [0.1, 0.15) is 18.2 Å². The first-order valence-corrected chi connectivity index (χ1v) is 11.3. The number of benzene rings is 1. The topological polar surface area (TPSA) is 96.8 Å². The molecule has 0 bridgehead atoms. The Morgan fingerprint density at radius 3 is 2.84 bits per heavy atom. The van der Waals surface area contributed by atoms with E-state index in [4.69, 9.17) is 14.6 Å². The summed E-state index contributed by atoms with van der Waals surface area (Å²) >= 11 is 0. The standard InChI is InChI=1S/C24H32N4O4/c1-18-12-25-22(26-13-18)14-27-23(30)21-16-28(17-24(21)5-8-31-9-6-24)15-19-3-2-4-20(11-19)32-10-7-29/h2-4,11-13,21,29H,5-10,14-17H2,1H3,(H,27,30)/t21-/m0/s1. The van der Waals surface area contributed by atoms with Crippen LogP contribution in [-0.2, 0) is 22.6 Å². The molecular weight excluding hydrogens is 408 g/mol. The number of nitrogens with zero attached hydrogens (tertiary/aromatic N) is 3. The van der Waals surface area contributed by atoms with E-state index in [0.717, 1.165) is 42.8 Å². The van der Waals surface area contributed by atoms with Crippen molar-refractivity contribution in [2.45, 2.75) is 32.9 Å². The molecule has 3 heterocycles. The molecule has 0 saturated carbocycles. The van der Waals surface area contributed by atoms with Crippen LogP contribution in [0.5, 0.6) is 5.75 Å². The first-order valence-electron chi connectivity index (χ1n) is 11.3. The van der Waals surface area contributed by atoms with Gasteiger partial charge in [0, 0.05) is 50.7 Å². The van der Waals surface area contributed by atoms with Crippen molar-refractivity contribution in [3.8, 4) is 5.75 Å². The van der Waals surface area contributed by atoms with Crippen LogP contribution in [0.1, 0.15) is 29.8 Å². The van der Waals surface area contributed by atoms with Gasteiger partial charge in [-0.25, -0.2) is 9.97 Å². The van der Waals surface area contributed by atoms with Gasteiger partial charge in [-0.2, -0.15) is 0 Å². The lowest BCUT2D eigenvalue weighted by Gasteiger charge is -2.37. The van der Waals surface area contributed by atoms with Crippen LogP contribution in [0.25, 0.3) is 0 Å². The predicted molar refractivity (Wildman–Crippen MR) is 119 cm³/mol. The molecule has 8 heteroatoms. The summed E-state index contributed by atoms with van der Waals surface area (Å²) < 4.78 is 11.2. The minimum absolute atomic E-state index is 0.00857. The number of rotatable bonds is 8. The molecule has 172 valence electrons. The number of ether oxygens (including phenoxy) is 2. The van der Waals surface area contributed by atoms with Gasteiger partial charge >= 0.3 is 0 Å². The zero-order chi connectivity index (χ0) is 22.4. The molecule has 2 aliphatic heterocycles. The van der Waals surface area contributed by atoms with Gasteiger partial charge in [0.15, 0.2) is 0 Å². The summed E-state index contributed by atoms with van der Waals surface area (Å²) in [6, 6.07) is 7.94. The van der Waals surface area contributed by atoms with E-state index in [0.29, 0.717) is 32.1 Å². The second-order valence-corrected chi connectivity index (χ2v) is 8.81. The van der Waals surface area contributed by atoms with Crippen LogP contribution in [0.4, 0.5) is 0 Å². The van der Waals surface area contributed by atoms with Crippen molar-refractivity contribution in [1.29, 1.82) is 0 Å². The number of aryl methyl sites for hydroxylation is 1. The van der Waals surface area contributed by atoms with E-state index >= 15 is 0 Å². The SMILES string of the molecule is Cc1cnc(CNC(=O)[C@@H]2CN(Cc3cccc(OCCO)c3)CC23CCOCC3)nc1. The number of carbonyl (C=O) groups excluding carboxylic acids is 1. The van der Waals surface area contributed by atoms with Gasteiger partial charge in [0.25, 0.3) is 0 Å². The first-order chi connectivity index (χ1) is 15.6. The molecule has 2 aliphatic rings. The molecule has 4 rings (SSSR count). The average Bonchev–Trinajstić information content (AvgIpc) is 3.14. The number of hydrogen-bond donors (Lipinski definition) is 2. The molecule has 2 aromatic rings. The van der Waals surface area contributed by atoms with Crippen molar-refractivity contribution < 1.29 is 19.4 Å². The van der Waals surface area contributed by atoms with Crippen molar-refractivity contribution in [2.24, 2.45) is 11.3 Å². The van der Waals surface area contributed by atoms with Crippen LogP contribution in [-0.4, -0.2) is 65.4 Å². The number of aliphatic hydroxyl groups is 1. The summed E-state index contributed by atoms with van der Waals surface area (Å²) in [5.74, 6) is 1.35. The Bertz CT molecular complexity index is 899. The molecule has 0 aliphatic carbocycles. The van der Waals surface area contributed by atoms with Gasteiger partial charge in [-0.1, -0.05) is 12.1 Å². The Hall–Kier alpha value is -2.55. The number of aliphatic hydroxyl groups excluding tert-OH is 1. The monoisotopic (exact) mass is 440 g/mol. The van der Waals surface area contributed by atoms with Crippen molar-refractivity contribution >= 4 is 5.91 Å². The molecule has 2 saturated heterocycles. The van der Waals surface area contributed by atoms with Gasteiger partial charge in [-0.05, 0) is 43.0 Å². The minimum Gasteiger partial charge on any atom is -0.491 e. The maximum atomic E-state index is 13.3. The highest BCUT2D eigenvalue weighted by Crippen LogP contribution is 2.44. The third kappa shape index (κ3) is 5.43. The van der Waals surface area contributed by atoms with Gasteiger partial charge in [0.05, 0.1) is 19.1 Å². The van der Waals surface area contributed by atoms with Crippen LogP contribution in [0, 0.1) is 18.3 Å². The highest BCUT2D eigenvalue weighted by Gasteiger charge is 2.50. The van der Waals surface area contributed by atoms with Crippen molar-refractivity contribution in [3.63, 3.8) is 0 Å². The summed E-state index contributed by atoms with van der Waals surface area (Å²) in [7, 11) is 0. The largest absolute Gasteiger partial charge is 0.491 e. The lowest BCUT2D eigenvalue weighted by molar-refractivity contribution is -0.130. The minimum atomic E-state index is -0.0920. The lowest BCUT2D eigenvalue weighted by Crippen LogP contribution is -2.44. The van der Waals surface area contributed by atoms with E-state index < -0.39 is 0 Å². The Labute approximate surface area is 189 Å². The highest BCUT2D eigenvalue weighted by molar-refractivity contribution is 5.80. The Morgan fingerprint density at radius 1 is 1.31 bits per heavy atom. The number of hydrogen-bond acceptors (Lipinski definition) is 7. The maximum absolute atomic E-state index is 13.3. The van der Waals surface area contributed by atoms with Crippen LogP contribution < -0.4 is 10.1 Å². The molecule has 1 spiro atoms. The van der Waals surface area contributed by atoms with E-state index in [-0.39, 0.29) is 30.5 Å². The lowest BCUT2D eigenvalue weighted by atomic mass is 9.72. The molecule has 1 aromatic carbocycles. The number of aromatic nitrogens is 2. The molecule has 1 atom stereocenters. The van der Waals surface area contributed by atoms with E-state index in [1.165, 1.54) is 0 Å².